The second kappa shape index (κ2) is 9.09. The van der Waals surface area contributed by atoms with Crippen LogP contribution in [0, 0.1) is 0 Å². The Kier molecular flexibility index (Phi) is 6.74. The monoisotopic (exact) mass is 407 g/mol. The van der Waals surface area contributed by atoms with Gasteiger partial charge in [-0.15, -0.1) is 0 Å². The zero-order chi connectivity index (χ0) is 21.0. The van der Waals surface area contributed by atoms with Crippen LogP contribution < -0.4 is 10.6 Å². The molecule has 29 heavy (non-hydrogen) atoms. The lowest BCUT2D eigenvalue weighted by molar-refractivity contribution is 0.221. The van der Waals surface area contributed by atoms with Gasteiger partial charge in [-0.05, 0) is 57.0 Å². The van der Waals surface area contributed by atoms with Crippen LogP contribution >= 0.6 is 7.29 Å². The molecule has 0 aromatic heterocycles. The fourth-order valence-electron chi connectivity index (χ4n) is 4.08. The van der Waals surface area contributed by atoms with Gasteiger partial charge in [0.1, 0.15) is 6.10 Å². The molecular weight excluding hydrogens is 377 g/mol. The van der Waals surface area contributed by atoms with E-state index in [1.807, 2.05) is 84.9 Å². The maximum atomic E-state index is 15.0. The Bertz CT molecular complexity index is 962. The molecule has 2 unspecified atom stereocenters. The predicted molar refractivity (Wildman–Crippen MR) is 122 cm³/mol. The van der Waals surface area contributed by atoms with E-state index in [4.69, 9.17) is 0 Å². The molecule has 3 rings (SSSR count). The summed E-state index contributed by atoms with van der Waals surface area (Å²) in [6.07, 6.45) is -0.842. The SMILES string of the molecule is CC(C)N(C(C)C)P(=O)(c1ccccc1)c1ccccc1C(O)c1ccccc1. The van der Waals surface area contributed by atoms with E-state index in [0.717, 1.165) is 10.9 Å². The van der Waals surface area contributed by atoms with Crippen molar-refractivity contribution in [2.24, 2.45) is 0 Å². The lowest BCUT2D eigenvalue weighted by Crippen LogP contribution is -2.42. The molecule has 0 spiro atoms. The highest BCUT2D eigenvalue weighted by Crippen LogP contribution is 2.51. The summed E-state index contributed by atoms with van der Waals surface area (Å²) in [4.78, 5) is 0. The van der Waals surface area contributed by atoms with E-state index in [0.29, 0.717) is 10.9 Å². The number of benzene rings is 3. The largest absolute Gasteiger partial charge is 0.384 e. The summed E-state index contributed by atoms with van der Waals surface area (Å²) in [5.41, 5.74) is 1.48. The van der Waals surface area contributed by atoms with Crippen molar-refractivity contribution in [3.05, 3.63) is 96.1 Å². The van der Waals surface area contributed by atoms with Gasteiger partial charge in [0, 0.05) is 22.7 Å². The van der Waals surface area contributed by atoms with Crippen molar-refractivity contribution in [1.29, 1.82) is 0 Å². The lowest BCUT2D eigenvalue weighted by Gasteiger charge is -2.39. The molecule has 0 amide bonds. The molecule has 2 atom stereocenters. The first-order valence-electron chi connectivity index (χ1n) is 10.1. The van der Waals surface area contributed by atoms with Gasteiger partial charge in [-0.25, -0.2) is 4.67 Å². The molecule has 0 saturated heterocycles. The minimum Gasteiger partial charge on any atom is -0.384 e. The van der Waals surface area contributed by atoms with Crippen LogP contribution in [0.4, 0.5) is 0 Å². The number of hydrogen-bond acceptors (Lipinski definition) is 2. The highest BCUT2D eigenvalue weighted by molar-refractivity contribution is 7.76. The van der Waals surface area contributed by atoms with Crippen LogP contribution in [0.25, 0.3) is 0 Å². The van der Waals surface area contributed by atoms with E-state index in [1.165, 1.54) is 0 Å². The fraction of sp³-hybridized carbons (Fsp3) is 0.280. The average molecular weight is 407 g/mol. The molecule has 3 aromatic carbocycles. The number of rotatable bonds is 7. The molecule has 0 bridgehead atoms. The van der Waals surface area contributed by atoms with E-state index in [-0.39, 0.29) is 12.1 Å². The van der Waals surface area contributed by atoms with E-state index in [9.17, 15) is 9.67 Å². The van der Waals surface area contributed by atoms with E-state index >= 15 is 0 Å². The zero-order valence-corrected chi connectivity index (χ0v) is 18.5. The number of aliphatic hydroxyl groups excluding tert-OH is 1. The maximum absolute atomic E-state index is 15.0. The van der Waals surface area contributed by atoms with E-state index in [1.54, 1.807) is 0 Å². The van der Waals surface area contributed by atoms with Gasteiger partial charge in [0.15, 0.2) is 0 Å². The first kappa shape index (κ1) is 21.5. The van der Waals surface area contributed by atoms with Gasteiger partial charge in [0.25, 0.3) is 0 Å². The summed E-state index contributed by atoms with van der Waals surface area (Å²) in [6, 6.07) is 27.0. The first-order valence-corrected chi connectivity index (χ1v) is 11.8. The van der Waals surface area contributed by atoms with Gasteiger partial charge in [-0.3, -0.25) is 4.57 Å². The third-order valence-electron chi connectivity index (χ3n) is 5.16. The van der Waals surface area contributed by atoms with Crippen molar-refractivity contribution >= 4 is 17.9 Å². The van der Waals surface area contributed by atoms with Crippen LogP contribution in [0.15, 0.2) is 84.9 Å². The van der Waals surface area contributed by atoms with Gasteiger partial charge >= 0.3 is 0 Å². The quantitative estimate of drug-likeness (QED) is 0.553. The highest BCUT2D eigenvalue weighted by atomic mass is 31.2. The van der Waals surface area contributed by atoms with Crippen molar-refractivity contribution in [3.8, 4) is 0 Å². The second-order valence-corrected chi connectivity index (χ2v) is 10.5. The van der Waals surface area contributed by atoms with Gasteiger partial charge in [-0.2, -0.15) is 0 Å². The Hall–Kier alpha value is -2.19. The number of aliphatic hydroxyl groups is 1. The summed E-state index contributed by atoms with van der Waals surface area (Å²) >= 11 is 0. The predicted octanol–water partition coefficient (Wildman–Crippen LogP) is 5.12. The first-order chi connectivity index (χ1) is 13.9. The fourth-order valence-corrected chi connectivity index (χ4v) is 7.59. The standard InChI is InChI=1S/C25H30NO2P/c1-19(2)26(20(3)4)29(28,22-15-9-6-10-16-22)24-18-12-11-17-23(24)25(27)21-13-7-5-8-14-21/h5-20,25,27H,1-4H3. The Balaban J connectivity index is 2.27. The number of nitrogens with zero attached hydrogens (tertiary/aromatic N) is 1. The van der Waals surface area contributed by atoms with E-state index < -0.39 is 13.4 Å². The summed E-state index contributed by atoms with van der Waals surface area (Å²) in [5.74, 6) is 0. The summed E-state index contributed by atoms with van der Waals surface area (Å²) in [7, 11) is -3.19. The summed E-state index contributed by atoms with van der Waals surface area (Å²) in [5, 5.41) is 12.7. The third kappa shape index (κ3) is 4.23. The normalized spacial score (nSPS) is 14.9. The molecule has 0 aliphatic carbocycles. The Morgan fingerprint density at radius 2 is 1.21 bits per heavy atom. The van der Waals surface area contributed by atoms with Crippen LogP contribution in [0.3, 0.4) is 0 Å². The summed E-state index contributed by atoms with van der Waals surface area (Å²) < 4.78 is 17.1. The van der Waals surface area contributed by atoms with Gasteiger partial charge < -0.3 is 5.11 Å². The molecule has 0 saturated carbocycles. The van der Waals surface area contributed by atoms with Crippen molar-refractivity contribution in [1.82, 2.24) is 4.67 Å². The minimum absolute atomic E-state index is 0.0722. The van der Waals surface area contributed by atoms with Crippen molar-refractivity contribution in [3.63, 3.8) is 0 Å². The number of hydrogen-bond donors (Lipinski definition) is 1. The molecule has 0 aliphatic rings. The molecule has 4 heteroatoms. The van der Waals surface area contributed by atoms with Crippen LogP contribution in [0.1, 0.15) is 44.9 Å². The van der Waals surface area contributed by atoms with Crippen molar-refractivity contribution < 1.29 is 9.67 Å². The average Bonchev–Trinajstić information content (AvgIpc) is 2.74. The molecule has 3 aromatic rings. The molecule has 0 aliphatic heterocycles. The van der Waals surface area contributed by atoms with Crippen LogP contribution in [0.2, 0.25) is 0 Å². The smallest absolute Gasteiger partial charge is 0.208 e. The zero-order valence-electron chi connectivity index (χ0n) is 17.6. The Labute approximate surface area is 174 Å². The van der Waals surface area contributed by atoms with Gasteiger partial charge in [0.05, 0.1) is 0 Å². The molecule has 0 heterocycles. The molecule has 1 N–H and O–H groups in total. The Morgan fingerprint density at radius 1 is 0.724 bits per heavy atom. The molecule has 3 nitrogen and oxygen atoms in total. The van der Waals surface area contributed by atoms with Crippen molar-refractivity contribution in [2.75, 3.05) is 0 Å². The molecular formula is C25H30NO2P. The van der Waals surface area contributed by atoms with Gasteiger partial charge in [-0.1, -0.05) is 66.7 Å². The Morgan fingerprint density at radius 3 is 1.76 bits per heavy atom. The van der Waals surface area contributed by atoms with Crippen LogP contribution in [-0.2, 0) is 4.57 Å². The minimum atomic E-state index is -3.19. The van der Waals surface area contributed by atoms with Gasteiger partial charge in [0.2, 0.25) is 7.29 Å². The molecule has 0 fully saturated rings. The highest BCUT2D eigenvalue weighted by Gasteiger charge is 2.40. The molecule has 0 radical (unpaired) electrons. The van der Waals surface area contributed by atoms with Crippen LogP contribution in [-0.4, -0.2) is 21.9 Å². The maximum Gasteiger partial charge on any atom is 0.208 e. The topological polar surface area (TPSA) is 40.5 Å². The third-order valence-corrected chi connectivity index (χ3v) is 8.80. The summed E-state index contributed by atoms with van der Waals surface area (Å²) in [6.45, 7) is 8.30. The lowest BCUT2D eigenvalue weighted by atomic mass is 10.0. The second-order valence-electron chi connectivity index (χ2n) is 7.85. The van der Waals surface area contributed by atoms with Crippen LogP contribution in [0.5, 0.6) is 0 Å². The molecule has 152 valence electrons. The van der Waals surface area contributed by atoms with Crippen molar-refractivity contribution in [2.45, 2.75) is 45.9 Å². The van der Waals surface area contributed by atoms with E-state index in [2.05, 4.69) is 32.4 Å².